The third-order valence-electron chi connectivity index (χ3n) is 4.96. The first-order valence-corrected chi connectivity index (χ1v) is 10.4. The van der Waals surface area contributed by atoms with Crippen molar-refractivity contribution in [3.05, 3.63) is 34.6 Å². The highest BCUT2D eigenvalue weighted by Crippen LogP contribution is 2.23. The van der Waals surface area contributed by atoms with E-state index in [2.05, 4.69) is 11.9 Å². The van der Waals surface area contributed by atoms with Crippen LogP contribution < -0.4 is 5.56 Å². The molecule has 1 fully saturated rings. The van der Waals surface area contributed by atoms with Gasteiger partial charge in [-0.25, -0.2) is 4.98 Å². The van der Waals surface area contributed by atoms with Gasteiger partial charge in [0.15, 0.2) is 5.16 Å². The molecular formula is C20H27N3O3S. The minimum Gasteiger partial charge on any atom is -0.383 e. The van der Waals surface area contributed by atoms with Crippen molar-refractivity contribution in [3.63, 3.8) is 0 Å². The zero-order chi connectivity index (χ0) is 19.4. The Balaban J connectivity index is 1.87. The molecule has 2 atom stereocenters. The number of piperidine rings is 1. The third-order valence-corrected chi connectivity index (χ3v) is 5.90. The summed E-state index contributed by atoms with van der Waals surface area (Å²) in [4.78, 5) is 32.3. The number of likely N-dealkylation sites (tertiary alicyclic amines) is 1. The van der Waals surface area contributed by atoms with Gasteiger partial charge in [-0.05, 0) is 37.8 Å². The average Bonchev–Trinajstić information content (AvgIpc) is 2.66. The fraction of sp³-hybridized carbons (Fsp3) is 0.550. The quantitative estimate of drug-likeness (QED) is 0.561. The summed E-state index contributed by atoms with van der Waals surface area (Å²) in [6, 6.07) is 7.17. The molecule has 0 N–H and O–H groups in total. The highest BCUT2D eigenvalue weighted by atomic mass is 32.2. The molecule has 0 aliphatic carbocycles. The van der Waals surface area contributed by atoms with Gasteiger partial charge in [0.2, 0.25) is 5.91 Å². The fourth-order valence-corrected chi connectivity index (χ4v) is 4.57. The molecule has 27 heavy (non-hydrogen) atoms. The number of hydrogen-bond acceptors (Lipinski definition) is 5. The van der Waals surface area contributed by atoms with Crippen molar-refractivity contribution in [2.75, 3.05) is 32.6 Å². The number of benzene rings is 1. The number of fused-ring (bicyclic) bond motifs is 1. The third kappa shape index (κ3) is 4.52. The standard InChI is InChI=1S/C20H27N3O3S/c1-14-7-6-10-22(11-14)18(24)13-27-20-21-17-9-5-4-8-16(17)19(25)23(20)15(2)12-26-3/h4-5,8-9,14-15H,6-7,10-13H2,1-3H3. The van der Waals surface area contributed by atoms with Crippen LogP contribution >= 0.6 is 11.8 Å². The number of hydrogen-bond donors (Lipinski definition) is 0. The molecule has 1 aliphatic heterocycles. The lowest BCUT2D eigenvalue weighted by Crippen LogP contribution is -2.40. The van der Waals surface area contributed by atoms with Crippen LogP contribution in [0.4, 0.5) is 0 Å². The summed E-state index contributed by atoms with van der Waals surface area (Å²) >= 11 is 1.34. The van der Waals surface area contributed by atoms with Crippen LogP contribution in [0.15, 0.2) is 34.2 Å². The number of nitrogens with zero attached hydrogens (tertiary/aromatic N) is 3. The minimum atomic E-state index is -0.160. The van der Waals surface area contributed by atoms with Crippen LogP contribution in [0.1, 0.15) is 32.7 Å². The van der Waals surface area contributed by atoms with Gasteiger partial charge in [0.25, 0.3) is 5.56 Å². The summed E-state index contributed by atoms with van der Waals surface area (Å²) in [7, 11) is 1.61. The Morgan fingerprint density at radius 2 is 2.19 bits per heavy atom. The predicted molar refractivity (Wildman–Crippen MR) is 108 cm³/mol. The van der Waals surface area contributed by atoms with E-state index in [-0.39, 0.29) is 23.3 Å². The molecule has 1 saturated heterocycles. The molecular weight excluding hydrogens is 362 g/mol. The van der Waals surface area contributed by atoms with Crippen LogP contribution in [-0.2, 0) is 9.53 Å². The van der Waals surface area contributed by atoms with E-state index in [4.69, 9.17) is 4.74 Å². The summed E-state index contributed by atoms with van der Waals surface area (Å²) in [5.41, 5.74) is 0.566. The molecule has 1 aromatic carbocycles. The van der Waals surface area contributed by atoms with Crippen molar-refractivity contribution in [1.29, 1.82) is 0 Å². The van der Waals surface area contributed by atoms with Gasteiger partial charge in [-0.15, -0.1) is 0 Å². The molecule has 0 spiro atoms. The Morgan fingerprint density at radius 1 is 1.41 bits per heavy atom. The molecule has 0 saturated carbocycles. The number of aromatic nitrogens is 2. The van der Waals surface area contributed by atoms with Crippen molar-refractivity contribution >= 4 is 28.6 Å². The summed E-state index contributed by atoms with van der Waals surface area (Å²) < 4.78 is 6.90. The molecule has 1 amide bonds. The van der Waals surface area contributed by atoms with Crippen LogP contribution in [0.3, 0.4) is 0 Å². The number of methoxy groups -OCH3 is 1. The molecule has 2 heterocycles. The number of ether oxygens (including phenoxy) is 1. The molecule has 1 aromatic heterocycles. The summed E-state index contributed by atoms with van der Waals surface area (Å²) in [6.45, 7) is 6.16. The summed E-state index contributed by atoms with van der Waals surface area (Å²) in [6.07, 6.45) is 2.23. The zero-order valence-electron chi connectivity index (χ0n) is 16.2. The van der Waals surface area contributed by atoms with Crippen molar-refractivity contribution in [2.24, 2.45) is 5.92 Å². The maximum absolute atomic E-state index is 13.0. The maximum atomic E-state index is 13.0. The largest absolute Gasteiger partial charge is 0.383 e. The topological polar surface area (TPSA) is 64.4 Å². The predicted octanol–water partition coefficient (Wildman–Crippen LogP) is 2.95. The van der Waals surface area contributed by atoms with Gasteiger partial charge in [0.1, 0.15) is 0 Å². The second-order valence-electron chi connectivity index (χ2n) is 7.27. The Bertz CT molecular complexity index is 867. The molecule has 2 aromatic rings. The van der Waals surface area contributed by atoms with Gasteiger partial charge < -0.3 is 9.64 Å². The van der Waals surface area contributed by atoms with Crippen LogP contribution in [-0.4, -0.2) is 52.9 Å². The SMILES string of the molecule is COCC(C)n1c(SCC(=O)N2CCCC(C)C2)nc2ccccc2c1=O. The lowest BCUT2D eigenvalue weighted by molar-refractivity contribution is -0.130. The minimum absolute atomic E-state index is 0.0910. The van der Waals surface area contributed by atoms with Crippen molar-refractivity contribution in [2.45, 2.75) is 37.9 Å². The maximum Gasteiger partial charge on any atom is 0.262 e. The van der Waals surface area contributed by atoms with E-state index in [9.17, 15) is 9.59 Å². The number of amides is 1. The average molecular weight is 390 g/mol. The second kappa shape index (κ2) is 8.89. The fourth-order valence-electron chi connectivity index (χ4n) is 3.57. The van der Waals surface area contributed by atoms with Gasteiger partial charge >= 0.3 is 0 Å². The van der Waals surface area contributed by atoms with Gasteiger partial charge in [0, 0.05) is 20.2 Å². The molecule has 146 valence electrons. The number of rotatable bonds is 6. The molecule has 3 rings (SSSR count). The molecule has 2 unspecified atom stereocenters. The molecule has 0 bridgehead atoms. The number of para-hydroxylation sites is 1. The van der Waals surface area contributed by atoms with Crippen LogP contribution in [0.25, 0.3) is 10.9 Å². The highest BCUT2D eigenvalue weighted by Gasteiger charge is 2.22. The van der Waals surface area contributed by atoms with Crippen LogP contribution in [0.5, 0.6) is 0 Å². The molecule has 1 aliphatic rings. The summed E-state index contributed by atoms with van der Waals surface area (Å²) in [5, 5.41) is 1.16. The van der Waals surface area contributed by atoms with Crippen molar-refractivity contribution in [3.8, 4) is 0 Å². The highest BCUT2D eigenvalue weighted by molar-refractivity contribution is 7.99. The number of carbonyl (C=O) groups is 1. The van der Waals surface area contributed by atoms with E-state index >= 15 is 0 Å². The Kier molecular flexibility index (Phi) is 6.55. The normalized spacial score (nSPS) is 18.6. The number of thioether (sulfide) groups is 1. The Morgan fingerprint density at radius 3 is 2.93 bits per heavy atom. The van der Waals surface area contributed by atoms with E-state index in [1.165, 1.54) is 18.2 Å². The van der Waals surface area contributed by atoms with Crippen molar-refractivity contribution in [1.82, 2.24) is 14.5 Å². The Hall–Kier alpha value is -1.86. The lowest BCUT2D eigenvalue weighted by Gasteiger charge is -2.31. The zero-order valence-corrected chi connectivity index (χ0v) is 17.0. The molecule has 7 heteroatoms. The monoisotopic (exact) mass is 389 g/mol. The van der Waals surface area contributed by atoms with Gasteiger partial charge in [0.05, 0.1) is 29.3 Å². The van der Waals surface area contributed by atoms with E-state index < -0.39 is 0 Å². The number of carbonyl (C=O) groups excluding carboxylic acids is 1. The van der Waals surface area contributed by atoms with E-state index in [1.807, 2.05) is 30.0 Å². The first-order valence-electron chi connectivity index (χ1n) is 9.42. The van der Waals surface area contributed by atoms with Crippen molar-refractivity contribution < 1.29 is 9.53 Å². The first kappa shape index (κ1) is 19.9. The lowest BCUT2D eigenvalue weighted by atomic mass is 10.0. The summed E-state index contributed by atoms with van der Waals surface area (Å²) in [5.74, 6) is 0.948. The van der Waals surface area contributed by atoms with Gasteiger partial charge in [-0.2, -0.15) is 0 Å². The van der Waals surface area contributed by atoms with Crippen LogP contribution in [0.2, 0.25) is 0 Å². The van der Waals surface area contributed by atoms with E-state index in [0.717, 1.165) is 19.5 Å². The van der Waals surface area contributed by atoms with E-state index in [1.54, 1.807) is 17.7 Å². The van der Waals surface area contributed by atoms with Gasteiger partial charge in [-0.3, -0.25) is 14.2 Å². The van der Waals surface area contributed by atoms with Gasteiger partial charge in [-0.1, -0.05) is 30.8 Å². The van der Waals surface area contributed by atoms with Crippen LogP contribution in [0, 0.1) is 5.92 Å². The van der Waals surface area contributed by atoms with E-state index in [0.29, 0.717) is 28.6 Å². The molecule has 6 nitrogen and oxygen atoms in total. The second-order valence-corrected chi connectivity index (χ2v) is 8.21. The Labute approximate surface area is 163 Å². The smallest absolute Gasteiger partial charge is 0.262 e. The first-order chi connectivity index (χ1) is 13.0. The molecule has 0 radical (unpaired) electrons.